The van der Waals surface area contributed by atoms with Crippen LogP contribution in [0, 0.1) is 0 Å². The molecule has 4 rings (SSSR count). The van der Waals surface area contributed by atoms with E-state index in [2.05, 4.69) is 15.6 Å². The molecule has 0 unspecified atom stereocenters. The second kappa shape index (κ2) is 11.1. The van der Waals surface area contributed by atoms with Gasteiger partial charge in [0.1, 0.15) is 17.2 Å². The van der Waals surface area contributed by atoms with Gasteiger partial charge in [-0.25, -0.2) is 4.98 Å². The number of furan rings is 2. The third kappa shape index (κ3) is 6.75. The number of thiazole rings is 1. The summed E-state index contributed by atoms with van der Waals surface area (Å²) in [5, 5.41) is 7.29. The first kappa shape index (κ1) is 25.0. The fourth-order valence-electron chi connectivity index (χ4n) is 3.25. The van der Waals surface area contributed by atoms with E-state index in [1.807, 2.05) is 0 Å². The highest BCUT2D eigenvalue weighted by Crippen LogP contribution is 2.32. The van der Waals surface area contributed by atoms with Crippen molar-refractivity contribution in [2.24, 2.45) is 0 Å². The van der Waals surface area contributed by atoms with Crippen molar-refractivity contribution >= 4 is 34.0 Å². The summed E-state index contributed by atoms with van der Waals surface area (Å²) >= 11 is 1.08. The van der Waals surface area contributed by atoms with Crippen molar-refractivity contribution in [2.45, 2.75) is 25.7 Å². The lowest BCUT2D eigenvalue weighted by molar-refractivity contribution is -0.137. The quantitative estimate of drug-likeness (QED) is 0.290. The topological polar surface area (TPSA) is 101 Å². The molecule has 188 valence electrons. The van der Waals surface area contributed by atoms with Crippen LogP contribution in [-0.4, -0.2) is 28.2 Å². The van der Waals surface area contributed by atoms with Crippen LogP contribution in [0.3, 0.4) is 0 Å². The Hall–Kier alpha value is -4.06. The molecule has 12 heteroatoms. The van der Waals surface area contributed by atoms with E-state index in [0.29, 0.717) is 11.5 Å². The fraction of sp³-hybridized carbons (Fsp3) is 0.208. The van der Waals surface area contributed by atoms with Gasteiger partial charge in [-0.2, -0.15) is 13.2 Å². The van der Waals surface area contributed by atoms with Gasteiger partial charge >= 0.3 is 6.18 Å². The van der Waals surface area contributed by atoms with Gasteiger partial charge in [0.25, 0.3) is 5.91 Å². The molecule has 1 aromatic carbocycles. The lowest BCUT2D eigenvalue weighted by Gasteiger charge is -2.20. The van der Waals surface area contributed by atoms with Crippen LogP contribution in [0.2, 0.25) is 0 Å². The van der Waals surface area contributed by atoms with Crippen molar-refractivity contribution in [2.75, 3.05) is 11.9 Å². The highest BCUT2D eigenvalue weighted by Gasteiger charge is 2.30. The number of aromatic nitrogens is 1. The van der Waals surface area contributed by atoms with Gasteiger partial charge < -0.3 is 24.4 Å². The molecule has 0 spiro atoms. The maximum Gasteiger partial charge on any atom is 0.416 e. The number of anilines is 2. The third-order valence-corrected chi connectivity index (χ3v) is 5.78. The molecule has 0 atom stereocenters. The molecule has 0 aliphatic heterocycles. The van der Waals surface area contributed by atoms with Crippen molar-refractivity contribution in [3.05, 3.63) is 89.2 Å². The second-order valence-corrected chi connectivity index (χ2v) is 8.51. The van der Waals surface area contributed by atoms with E-state index in [9.17, 15) is 22.8 Å². The Morgan fingerprint density at radius 2 is 1.78 bits per heavy atom. The number of nitrogens with zero attached hydrogens (tertiary/aromatic N) is 2. The smallest absolute Gasteiger partial charge is 0.416 e. The highest BCUT2D eigenvalue weighted by molar-refractivity contribution is 7.14. The van der Waals surface area contributed by atoms with E-state index in [0.717, 1.165) is 23.5 Å². The lowest BCUT2D eigenvalue weighted by Crippen LogP contribution is -2.35. The first-order valence-corrected chi connectivity index (χ1v) is 11.7. The number of amides is 2. The van der Waals surface area contributed by atoms with E-state index >= 15 is 0 Å². The number of nitrogens with one attached hydrogen (secondary N) is 2. The molecule has 0 aliphatic rings. The number of benzene rings is 1. The fourth-order valence-corrected chi connectivity index (χ4v) is 3.96. The third-order valence-electron chi connectivity index (χ3n) is 5.03. The number of rotatable bonds is 10. The molecule has 36 heavy (non-hydrogen) atoms. The molecule has 3 aromatic heterocycles. The molecule has 8 nitrogen and oxygen atoms in total. The van der Waals surface area contributed by atoms with Crippen LogP contribution in [0.4, 0.5) is 24.0 Å². The summed E-state index contributed by atoms with van der Waals surface area (Å²) in [6.45, 7) is 0.442. The zero-order chi connectivity index (χ0) is 25.5. The average molecular weight is 519 g/mol. The predicted molar refractivity (Wildman–Crippen MR) is 125 cm³/mol. The maximum atomic E-state index is 13.2. The van der Waals surface area contributed by atoms with E-state index in [1.54, 1.807) is 24.3 Å². The Labute approximate surface area is 207 Å². The van der Waals surface area contributed by atoms with Gasteiger partial charge in [0, 0.05) is 24.0 Å². The molecule has 3 heterocycles. The Bertz CT molecular complexity index is 1290. The molecule has 0 saturated heterocycles. The Morgan fingerprint density at radius 3 is 2.47 bits per heavy atom. The zero-order valence-electron chi connectivity index (χ0n) is 18.7. The van der Waals surface area contributed by atoms with Crippen LogP contribution in [-0.2, 0) is 24.1 Å². The van der Waals surface area contributed by atoms with Crippen LogP contribution in [0.25, 0.3) is 0 Å². The minimum Gasteiger partial charge on any atom is -0.467 e. The van der Waals surface area contributed by atoms with Crippen LogP contribution < -0.4 is 10.6 Å². The van der Waals surface area contributed by atoms with Crippen molar-refractivity contribution in [3.8, 4) is 0 Å². The van der Waals surface area contributed by atoms with E-state index in [-0.39, 0.29) is 48.5 Å². The summed E-state index contributed by atoms with van der Waals surface area (Å²) in [6.07, 6.45) is -1.45. The Balaban J connectivity index is 1.41. The summed E-state index contributed by atoms with van der Waals surface area (Å²) in [4.78, 5) is 31.1. The number of hydrogen-bond acceptors (Lipinski definition) is 7. The van der Waals surface area contributed by atoms with Gasteiger partial charge in [-0.3, -0.25) is 9.59 Å². The van der Waals surface area contributed by atoms with Crippen molar-refractivity contribution in [3.63, 3.8) is 0 Å². The van der Waals surface area contributed by atoms with Gasteiger partial charge in [0.2, 0.25) is 5.91 Å². The molecule has 2 N–H and O–H groups in total. The first-order valence-electron chi connectivity index (χ1n) is 10.8. The van der Waals surface area contributed by atoms with E-state index in [1.165, 1.54) is 34.9 Å². The summed E-state index contributed by atoms with van der Waals surface area (Å²) in [7, 11) is 0. The molecule has 0 fully saturated rings. The van der Waals surface area contributed by atoms with Crippen LogP contribution in [0.5, 0.6) is 0 Å². The van der Waals surface area contributed by atoms with E-state index < -0.39 is 17.6 Å². The molecule has 2 amide bonds. The minimum absolute atomic E-state index is 0.0344. The molecular weight excluding hydrogens is 497 g/mol. The zero-order valence-corrected chi connectivity index (χ0v) is 19.6. The van der Waals surface area contributed by atoms with Gasteiger partial charge in [0.05, 0.1) is 31.2 Å². The molecule has 0 saturated carbocycles. The van der Waals surface area contributed by atoms with Crippen molar-refractivity contribution in [1.82, 2.24) is 15.2 Å². The molecule has 0 aliphatic carbocycles. The van der Waals surface area contributed by atoms with Crippen LogP contribution >= 0.6 is 11.3 Å². The number of alkyl halides is 3. The summed E-state index contributed by atoms with van der Waals surface area (Å²) in [5.41, 5.74) is -0.508. The van der Waals surface area contributed by atoms with E-state index in [4.69, 9.17) is 8.83 Å². The van der Waals surface area contributed by atoms with Crippen LogP contribution in [0.15, 0.2) is 75.3 Å². The van der Waals surface area contributed by atoms with Gasteiger partial charge in [-0.1, -0.05) is 6.07 Å². The number of carbonyl (C=O) groups is 2. The normalized spacial score (nSPS) is 11.3. The molecule has 4 aromatic rings. The average Bonchev–Trinajstić information content (AvgIpc) is 3.63. The van der Waals surface area contributed by atoms with Crippen LogP contribution in [0.1, 0.15) is 34.0 Å². The molecule has 0 bridgehead atoms. The standard InChI is InChI=1S/C24H21F3N4O4S/c25-24(26,27)16-4-1-5-17(12-16)29-23-30-20(15-36-23)22(33)31(14-19-7-3-11-35-19)9-8-21(32)28-13-18-6-2-10-34-18/h1-7,10-12,15H,8-9,13-14H2,(H,28,32)(H,29,30). The molecule has 0 radical (unpaired) electrons. The van der Waals surface area contributed by atoms with Crippen molar-refractivity contribution in [1.29, 1.82) is 0 Å². The van der Waals surface area contributed by atoms with Crippen molar-refractivity contribution < 1.29 is 31.6 Å². The largest absolute Gasteiger partial charge is 0.467 e. The SMILES string of the molecule is O=C(CCN(Cc1ccco1)C(=O)c1csc(Nc2cccc(C(F)(F)F)c2)n1)NCc1ccco1. The van der Waals surface area contributed by atoms with Gasteiger partial charge in [0.15, 0.2) is 5.13 Å². The summed E-state index contributed by atoms with van der Waals surface area (Å²) < 4.78 is 49.5. The number of carbonyl (C=O) groups excluding carboxylic acids is 2. The highest BCUT2D eigenvalue weighted by atomic mass is 32.1. The summed E-state index contributed by atoms with van der Waals surface area (Å²) in [6, 6.07) is 11.5. The summed E-state index contributed by atoms with van der Waals surface area (Å²) in [5.74, 6) is 0.416. The van der Waals surface area contributed by atoms with Gasteiger partial charge in [-0.05, 0) is 42.5 Å². The molecular formula is C24H21F3N4O4S. The number of halogens is 3. The monoisotopic (exact) mass is 518 g/mol. The number of hydrogen-bond donors (Lipinski definition) is 2. The minimum atomic E-state index is -4.47. The van der Waals surface area contributed by atoms with Gasteiger partial charge in [-0.15, -0.1) is 11.3 Å². The lowest BCUT2D eigenvalue weighted by atomic mass is 10.2. The predicted octanol–water partition coefficient (Wildman–Crippen LogP) is 5.44. The maximum absolute atomic E-state index is 13.2. The Kier molecular flexibility index (Phi) is 7.74. The second-order valence-electron chi connectivity index (χ2n) is 7.65. The Morgan fingerprint density at radius 1 is 1.03 bits per heavy atom. The first-order chi connectivity index (χ1) is 17.3.